The number of nitrogens with zero attached hydrogens (tertiary/aromatic N) is 3. The largest absolute Gasteiger partial charge is 0.622 e. The van der Waals surface area contributed by atoms with Crippen LogP contribution in [0.25, 0.3) is 0 Å². The highest BCUT2D eigenvalue weighted by atomic mass is 32.1. The third-order valence-corrected chi connectivity index (χ3v) is 5.58. The molecular weight excluding hydrogens is 330 g/mol. The molecule has 24 heavy (non-hydrogen) atoms. The van der Waals surface area contributed by atoms with Crippen LogP contribution < -0.4 is 11.2 Å². The first-order valence-corrected chi connectivity index (χ1v) is 8.70. The van der Waals surface area contributed by atoms with Crippen LogP contribution in [0.1, 0.15) is 44.4 Å². The number of hydrazone groups is 1. The van der Waals surface area contributed by atoms with Gasteiger partial charge in [0.15, 0.2) is 0 Å². The Morgan fingerprint density at radius 3 is 2.92 bits per heavy atom. The molecule has 130 valence electrons. The van der Waals surface area contributed by atoms with Crippen molar-refractivity contribution in [3.63, 3.8) is 0 Å². The molecule has 0 bridgehead atoms. The summed E-state index contributed by atoms with van der Waals surface area (Å²) in [6.07, 6.45) is 2.53. The van der Waals surface area contributed by atoms with Gasteiger partial charge in [0.05, 0.1) is 4.88 Å². The fraction of sp³-hybridized carbons (Fsp3) is 0.533. The molecule has 8 nitrogen and oxygen atoms in total. The molecule has 0 radical (unpaired) electrons. The summed E-state index contributed by atoms with van der Waals surface area (Å²) in [6, 6.07) is 2.93. The number of carbonyl (C=O) groups is 1. The Kier molecular flexibility index (Phi) is 4.10. The average molecular weight is 351 g/mol. The molecule has 1 aliphatic heterocycles. The van der Waals surface area contributed by atoms with Gasteiger partial charge < -0.3 is 16.1 Å². The van der Waals surface area contributed by atoms with Gasteiger partial charge in [-0.05, 0) is 44.6 Å². The van der Waals surface area contributed by atoms with E-state index in [1.807, 2.05) is 17.5 Å². The van der Waals surface area contributed by atoms with E-state index in [9.17, 15) is 15.2 Å². The van der Waals surface area contributed by atoms with Crippen LogP contribution in [-0.4, -0.2) is 43.7 Å². The van der Waals surface area contributed by atoms with Crippen molar-refractivity contribution in [3.05, 3.63) is 27.6 Å². The third-order valence-electron chi connectivity index (χ3n) is 4.71. The van der Waals surface area contributed by atoms with Gasteiger partial charge in [-0.2, -0.15) is 9.84 Å². The molecule has 1 fully saturated rings. The normalized spacial score (nSPS) is 28.7. The van der Waals surface area contributed by atoms with E-state index in [-0.39, 0.29) is 0 Å². The smallest absolute Gasteiger partial charge is 0.332 e. The highest BCUT2D eigenvalue weighted by Crippen LogP contribution is 2.42. The van der Waals surface area contributed by atoms with E-state index in [0.29, 0.717) is 24.3 Å². The lowest BCUT2D eigenvalue weighted by atomic mass is 9.86. The summed E-state index contributed by atoms with van der Waals surface area (Å²) in [5, 5.41) is 31.3. The van der Waals surface area contributed by atoms with Gasteiger partial charge in [0.25, 0.3) is 5.66 Å². The number of carbonyl (C=O) groups excluding carboxylic acids is 1. The van der Waals surface area contributed by atoms with Crippen LogP contribution >= 0.6 is 11.3 Å². The van der Waals surface area contributed by atoms with E-state index in [1.165, 1.54) is 11.3 Å². The fourth-order valence-electron chi connectivity index (χ4n) is 3.62. The standard InChI is InChI=1S/C15H21N5O3S/c1-14(2)12(10-6-5-9-24-10)19(22)15(20(14)23)8-4-3-7-11(15)17-18-13(16)21/h5-6,9,23H,3-4,7-8H2,1-2H3,(H3,16,18,21). The summed E-state index contributed by atoms with van der Waals surface area (Å²) in [4.78, 5) is 11.8. The lowest BCUT2D eigenvalue weighted by Gasteiger charge is -2.38. The van der Waals surface area contributed by atoms with Crippen LogP contribution in [0.5, 0.6) is 0 Å². The first-order chi connectivity index (χ1) is 11.3. The molecule has 9 heteroatoms. The second-order valence-corrected chi connectivity index (χ2v) is 7.50. The van der Waals surface area contributed by atoms with E-state index in [4.69, 9.17) is 5.73 Å². The number of nitrogens with one attached hydrogen (secondary N) is 1. The quantitative estimate of drug-likeness (QED) is 0.428. The maximum atomic E-state index is 13.3. The Morgan fingerprint density at radius 2 is 2.29 bits per heavy atom. The summed E-state index contributed by atoms with van der Waals surface area (Å²) in [5.74, 6) is 0. The zero-order valence-electron chi connectivity index (χ0n) is 13.7. The number of nitrogens with two attached hydrogens (primary N) is 1. The lowest BCUT2D eigenvalue weighted by Crippen LogP contribution is -2.61. The SMILES string of the molecule is CC1(C)C(c2cccs2)=[N+]([O-])C2(CCCCC2=NNC(N)=O)N1O. The number of amides is 2. The summed E-state index contributed by atoms with van der Waals surface area (Å²) in [5.41, 5.74) is 6.00. The molecule has 0 aromatic carbocycles. The van der Waals surface area contributed by atoms with Crippen LogP contribution in [0.3, 0.4) is 0 Å². The van der Waals surface area contributed by atoms with Crippen molar-refractivity contribution in [2.75, 3.05) is 0 Å². The van der Waals surface area contributed by atoms with Crippen molar-refractivity contribution in [1.82, 2.24) is 10.5 Å². The summed E-state index contributed by atoms with van der Waals surface area (Å²) >= 11 is 1.45. The summed E-state index contributed by atoms with van der Waals surface area (Å²) < 4.78 is 0.861. The van der Waals surface area contributed by atoms with Gasteiger partial charge in [-0.25, -0.2) is 10.2 Å². The Hall–Kier alpha value is -1.97. The van der Waals surface area contributed by atoms with Crippen molar-refractivity contribution >= 4 is 28.8 Å². The van der Waals surface area contributed by atoms with Gasteiger partial charge in [0.2, 0.25) is 5.71 Å². The molecule has 1 atom stereocenters. The van der Waals surface area contributed by atoms with Crippen LogP contribution in [-0.2, 0) is 0 Å². The van der Waals surface area contributed by atoms with Gasteiger partial charge >= 0.3 is 6.03 Å². The van der Waals surface area contributed by atoms with Gasteiger partial charge in [-0.1, -0.05) is 6.07 Å². The van der Waals surface area contributed by atoms with Crippen molar-refractivity contribution in [1.29, 1.82) is 0 Å². The van der Waals surface area contributed by atoms with Crippen molar-refractivity contribution in [2.24, 2.45) is 10.8 Å². The summed E-state index contributed by atoms with van der Waals surface area (Å²) in [7, 11) is 0. The number of hydroxylamine groups is 3. The Balaban J connectivity index is 2.17. The topological polar surface area (TPSA) is 117 Å². The van der Waals surface area contributed by atoms with Gasteiger partial charge in [0.1, 0.15) is 11.3 Å². The minimum absolute atomic E-state index is 0.421. The highest BCUT2D eigenvalue weighted by Gasteiger charge is 2.65. The Morgan fingerprint density at radius 1 is 1.54 bits per heavy atom. The molecule has 1 unspecified atom stereocenters. The second-order valence-electron chi connectivity index (χ2n) is 6.55. The molecule has 1 aromatic heterocycles. The lowest BCUT2D eigenvalue weighted by molar-refractivity contribution is -0.568. The first-order valence-electron chi connectivity index (χ1n) is 7.82. The maximum Gasteiger partial charge on any atom is 0.332 e. The molecule has 1 aliphatic carbocycles. The number of thiophene rings is 1. The zero-order valence-corrected chi connectivity index (χ0v) is 14.5. The number of urea groups is 1. The van der Waals surface area contributed by atoms with Crippen LogP contribution in [0, 0.1) is 5.21 Å². The third kappa shape index (κ3) is 2.31. The van der Waals surface area contributed by atoms with Crippen molar-refractivity contribution in [2.45, 2.75) is 50.7 Å². The van der Waals surface area contributed by atoms with E-state index in [2.05, 4.69) is 10.5 Å². The maximum absolute atomic E-state index is 13.3. The average Bonchev–Trinajstić information content (AvgIpc) is 3.09. The zero-order chi connectivity index (χ0) is 17.5. The van der Waals surface area contributed by atoms with Gasteiger partial charge in [-0.15, -0.1) is 16.4 Å². The van der Waals surface area contributed by atoms with E-state index < -0.39 is 17.2 Å². The number of primary amides is 1. The van der Waals surface area contributed by atoms with Crippen molar-refractivity contribution < 1.29 is 14.7 Å². The monoisotopic (exact) mass is 351 g/mol. The van der Waals surface area contributed by atoms with Crippen LogP contribution in [0.15, 0.2) is 22.6 Å². The van der Waals surface area contributed by atoms with Gasteiger partial charge in [-0.3, -0.25) is 0 Å². The molecule has 1 saturated carbocycles. The second kappa shape index (κ2) is 5.83. The molecule has 0 saturated heterocycles. The van der Waals surface area contributed by atoms with Crippen LogP contribution in [0.4, 0.5) is 4.79 Å². The Labute approximate surface area is 143 Å². The predicted molar refractivity (Wildman–Crippen MR) is 91.1 cm³/mol. The molecule has 4 N–H and O–H groups in total. The Bertz CT molecular complexity index is 713. The van der Waals surface area contributed by atoms with Crippen molar-refractivity contribution in [3.8, 4) is 0 Å². The minimum Gasteiger partial charge on any atom is -0.622 e. The number of hydrogen-bond acceptors (Lipinski definition) is 6. The predicted octanol–water partition coefficient (Wildman–Crippen LogP) is 1.83. The molecule has 1 aromatic rings. The van der Waals surface area contributed by atoms with E-state index >= 15 is 0 Å². The molecule has 2 amide bonds. The van der Waals surface area contributed by atoms with E-state index in [0.717, 1.165) is 27.5 Å². The molecule has 3 rings (SSSR count). The fourth-order valence-corrected chi connectivity index (χ4v) is 4.53. The van der Waals surface area contributed by atoms with Crippen LogP contribution in [0.2, 0.25) is 0 Å². The molecular formula is C15H21N5O3S. The first kappa shape index (κ1) is 16.9. The van der Waals surface area contributed by atoms with Gasteiger partial charge in [0, 0.05) is 6.42 Å². The highest BCUT2D eigenvalue weighted by molar-refractivity contribution is 7.12. The molecule has 2 heterocycles. The molecule has 2 aliphatic rings. The van der Waals surface area contributed by atoms with E-state index in [1.54, 1.807) is 13.8 Å². The number of hydrogen-bond donors (Lipinski definition) is 3. The summed E-state index contributed by atoms with van der Waals surface area (Å²) in [6.45, 7) is 3.60. The number of rotatable bonds is 2. The molecule has 1 spiro atoms. The minimum atomic E-state index is -1.32.